The van der Waals surface area contributed by atoms with E-state index in [0.29, 0.717) is 12.1 Å². The van der Waals surface area contributed by atoms with Gasteiger partial charge >= 0.3 is 5.97 Å². The fraction of sp³-hybridized carbons (Fsp3) is 0.273. The highest BCUT2D eigenvalue weighted by Crippen LogP contribution is 2.21. The van der Waals surface area contributed by atoms with Gasteiger partial charge in [-0.2, -0.15) is 0 Å². The average molecular weight is 257 g/mol. The molecule has 17 heavy (non-hydrogen) atoms. The van der Waals surface area contributed by atoms with E-state index in [0.717, 1.165) is 0 Å². The molecule has 0 heterocycles. The molecule has 0 aliphatic rings. The zero-order chi connectivity index (χ0) is 13.0. The molecule has 6 heteroatoms. The maximum atomic E-state index is 11.5. The van der Waals surface area contributed by atoms with Crippen LogP contribution < -0.4 is 11.1 Å². The Hall–Kier alpha value is -1.59. The van der Waals surface area contributed by atoms with Crippen LogP contribution in [0.1, 0.15) is 23.7 Å². The maximum Gasteiger partial charge on any atom is 0.337 e. The molecule has 1 rings (SSSR count). The smallest absolute Gasteiger partial charge is 0.337 e. The van der Waals surface area contributed by atoms with Crippen molar-refractivity contribution in [3.8, 4) is 0 Å². The highest BCUT2D eigenvalue weighted by molar-refractivity contribution is 6.33. The highest BCUT2D eigenvalue weighted by atomic mass is 35.5. The number of carboxylic acids is 1. The Morgan fingerprint density at radius 1 is 1.53 bits per heavy atom. The molecule has 0 fully saturated rings. The lowest BCUT2D eigenvalue weighted by Crippen LogP contribution is -2.34. The second-order valence-electron chi connectivity index (χ2n) is 3.50. The van der Waals surface area contributed by atoms with Crippen LogP contribution in [0, 0.1) is 0 Å². The Balaban J connectivity index is 2.84. The summed E-state index contributed by atoms with van der Waals surface area (Å²) in [6, 6.07) is 3.59. The van der Waals surface area contributed by atoms with E-state index in [1.807, 2.05) is 0 Å². The molecule has 5 nitrogen and oxygen atoms in total. The molecule has 1 amide bonds. The van der Waals surface area contributed by atoms with Crippen LogP contribution in [0.25, 0.3) is 0 Å². The number of hydrogen-bond donors (Lipinski definition) is 3. The van der Waals surface area contributed by atoms with Crippen molar-refractivity contribution in [1.29, 1.82) is 0 Å². The molecule has 0 unspecified atom stereocenters. The zero-order valence-corrected chi connectivity index (χ0v) is 9.99. The first-order chi connectivity index (χ1) is 7.95. The van der Waals surface area contributed by atoms with Gasteiger partial charge < -0.3 is 16.2 Å². The van der Waals surface area contributed by atoms with Crippen LogP contribution in [0.3, 0.4) is 0 Å². The van der Waals surface area contributed by atoms with Crippen molar-refractivity contribution < 1.29 is 14.7 Å². The maximum absolute atomic E-state index is 11.5. The molecule has 0 aromatic heterocycles. The second kappa shape index (κ2) is 5.65. The van der Waals surface area contributed by atoms with Crippen LogP contribution in [0.2, 0.25) is 5.02 Å². The van der Waals surface area contributed by atoms with Gasteiger partial charge in [-0.05, 0) is 24.6 Å². The summed E-state index contributed by atoms with van der Waals surface area (Å²) in [4.78, 5) is 22.2. The quantitative estimate of drug-likeness (QED) is 0.765. The molecule has 92 valence electrons. The van der Waals surface area contributed by atoms with Crippen LogP contribution >= 0.6 is 11.6 Å². The Morgan fingerprint density at radius 2 is 2.18 bits per heavy atom. The van der Waals surface area contributed by atoms with Crippen LogP contribution in [-0.2, 0) is 4.79 Å². The second-order valence-corrected chi connectivity index (χ2v) is 3.91. The van der Waals surface area contributed by atoms with Crippen molar-refractivity contribution >= 4 is 29.2 Å². The molecule has 1 atom stereocenters. The normalized spacial score (nSPS) is 11.9. The monoisotopic (exact) mass is 256 g/mol. The van der Waals surface area contributed by atoms with E-state index in [9.17, 15) is 9.59 Å². The first-order valence-corrected chi connectivity index (χ1v) is 5.42. The number of hydrogen-bond acceptors (Lipinski definition) is 3. The number of nitrogens with two attached hydrogens (primary N) is 1. The predicted molar refractivity (Wildman–Crippen MR) is 65.3 cm³/mol. The Kier molecular flexibility index (Phi) is 4.48. The SMILES string of the molecule is CC[C@@H](N)C(=O)Nc1ccc(C(=O)O)c(Cl)c1. The summed E-state index contributed by atoms with van der Waals surface area (Å²) in [5.41, 5.74) is 5.96. The lowest BCUT2D eigenvalue weighted by molar-refractivity contribution is -0.117. The van der Waals surface area contributed by atoms with E-state index in [1.54, 1.807) is 6.92 Å². The molecular formula is C11H13ClN2O3. The van der Waals surface area contributed by atoms with Crippen LogP contribution in [-0.4, -0.2) is 23.0 Å². The van der Waals surface area contributed by atoms with E-state index in [1.165, 1.54) is 18.2 Å². The van der Waals surface area contributed by atoms with E-state index in [2.05, 4.69) is 5.32 Å². The number of carbonyl (C=O) groups excluding carboxylic acids is 1. The molecule has 0 saturated heterocycles. The summed E-state index contributed by atoms with van der Waals surface area (Å²) in [5, 5.41) is 11.4. The van der Waals surface area contributed by atoms with Crippen molar-refractivity contribution in [2.75, 3.05) is 5.32 Å². The molecule has 1 aromatic carbocycles. The van der Waals surface area contributed by atoms with E-state index in [-0.39, 0.29) is 16.5 Å². The molecule has 0 saturated carbocycles. The van der Waals surface area contributed by atoms with Crippen molar-refractivity contribution in [3.63, 3.8) is 0 Å². The number of carbonyl (C=O) groups is 2. The van der Waals surface area contributed by atoms with Crippen molar-refractivity contribution in [1.82, 2.24) is 0 Å². The Labute approximate surface area is 104 Å². The van der Waals surface area contributed by atoms with Gasteiger partial charge in [0.15, 0.2) is 0 Å². The molecule has 1 aromatic rings. The molecule has 4 N–H and O–H groups in total. The number of halogens is 1. The largest absolute Gasteiger partial charge is 0.478 e. The van der Waals surface area contributed by atoms with Crippen molar-refractivity contribution in [2.24, 2.45) is 5.73 Å². The minimum absolute atomic E-state index is 0.00976. The number of anilines is 1. The topological polar surface area (TPSA) is 92.4 Å². The molecule has 0 aliphatic heterocycles. The first kappa shape index (κ1) is 13.5. The summed E-state index contributed by atoms with van der Waals surface area (Å²) in [6.45, 7) is 1.80. The minimum atomic E-state index is -1.11. The van der Waals surface area contributed by atoms with Gasteiger partial charge in [-0.15, -0.1) is 0 Å². The molecule has 0 aliphatic carbocycles. The van der Waals surface area contributed by atoms with E-state index >= 15 is 0 Å². The first-order valence-electron chi connectivity index (χ1n) is 5.05. The van der Waals surface area contributed by atoms with Crippen molar-refractivity contribution in [3.05, 3.63) is 28.8 Å². The summed E-state index contributed by atoms with van der Waals surface area (Å²) in [7, 11) is 0. The molecule has 0 spiro atoms. The van der Waals surface area contributed by atoms with E-state index < -0.39 is 12.0 Å². The number of benzene rings is 1. The van der Waals surface area contributed by atoms with Crippen LogP contribution in [0.15, 0.2) is 18.2 Å². The van der Waals surface area contributed by atoms with Gasteiger partial charge in [0.25, 0.3) is 0 Å². The number of amides is 1. The lowest BCUT2D eigenvalue weighted by Gasteiger charge is -2.10. The third kappa shape index (κ3) is 3.44. The average Bonchev–Trinajstić information content (AvgIpc) is 2.27. The van der Waals surface area contributed by atoms with Crippen LogP contribution in [0.4, 0.5) is 5.69 Å². The molecule has 0 bridgehead atoms. The van der Waals surface area contributed by atoms with Gasteiger partial charge in [0.2, 0.25) is 5.91 Å². The fourth-order valence-corrected chi connectivity index (χ4v) is 1.45. The Bertz CT molecular complexity index is 448. The number of aromatic carboxylic acids is 1. The van der Waals surface area contributed by atoms with Crippen LogP contribution in [0.5, 0.6) is 0 Å². The third-order valence-corrected chi connectivity index (χ3v) is 2.56. The van der Waals surface area contributed by atoms with Gasteiger partial charge in [-0.1, -0.05) is 18.5 Å². The van der Waals surface area contributed by atoms with Gasteiger partial charge in [0.1, 0.15) is 0 Å². The number of nitrogens with one attached hydrogen (secondary N) is 1. The van der Waals surface area contributed by atoms with Gasteiger partial charge in [-0.25, -0.2) is 4.79 Å². The fourth-order valence-electron chi connectivity index (χ4n) is 1.19. The standard InChI is InChI=1S/C11H13ClN2O3/c1-2-9(13)10(15)14-6-3-4-7(11(16)17)8(12)5-6/h3-5,9H,2,13H2,1H3,(H,14,15)(H,16,17)/t9-/m1/s1. The Morgan fingerprint density at radius 3 is 2.65 bits per heavy atom. The van der Waals surface area contributed by atoms with Gasteiger partial charge in [0, 0.05) is 5.69 Å². The van der Waals surface area contributed by atoms with Gasteiger partial charge in [-0.3, -0.25) is 4.79 Å². The summed E-state index contributed by atoms with van der Waals surface area (Å²) < 4.78 is 0. The number of carboxylic acid groups (broad SMARTS) is 1. The minimum Gasteiger partial charge on any atom is -0.478 e. The molecule has 0 radical (unpaired) electrons. The predicted octanol–water partition coefficient (Wildman–Crippen LogP) is 1.71. The molecular weight excluding hydrogens is 244 g/mol. The third-order valence-electron chi connectivity index (χ3n) is 2.24. The van der Waals surface area contributed by atoms with Gasteiger partial charge in [0.05, 0.1) is 16.6 Å². The summed E-state index contributed by atoms with van der Waals surface area (Å²) in [6.07, 6.45) is 0.521. The summed E-state index contributed by atoms with van der Waals surface area (Å²) >= 11 is 5.76. The lowest BCUT2D eigenvalue weighted by atomic mass is 10.2. The summed E-state index contributed by atoms with van der Waals surface area (Å²) in [5.74, 6) is -1.44. The number of rotatable bonds is 4. The van der Waals surface area contributed by atoms with Crippen molar-refractivity contribution in [2.45, 2.75) is 19.4 Å². The highest BCUT2D eigenvalue weighted by Gasteiger charge is 2.13. The van der Waals surface area contributed by atoms with E-state index in [4.69, 9.17) is 22.4 Å². The zero-order valence-electron chi connectivity index (χ0n) is 9.24.